The molecule has 1 aliphatic heterocycles. The largest absolute Gasteiger partial charge is 0.366 e. The summed E-state index contributed by atoms with van der Waals surface area (Å²) in [5.41, 5.74) is 8.16. The van der Waals surface area contributed by atoms with Crippen molar-refractivity contribution in [1.29, 1.82) is 0 Å². The summed E-state index contributed by atoms with van der Waals surface area (Å²) in [6, 6.07) is 9.47. The van der Waals surface area contributed by atoms with Crippen molar-refractivity contribution in [3.8, 4) is 11.4 Å². The number of benzene rings is 1. The Morgan fingerprint density at radius 1 is 1.17 bits per heavy atom. The van der Waals surface area contributed by atoms with Crippen LogP contribution in [0, 0.1) is 0 Å². The summed E-state index contributed by atoms with van der Waals surface area (Å²) < 4.78 is 0. The highest BCUT2D eigenvalue weighted by molar-refractivity contribution is 6.04. The van der Waals surface area contributed by atoms with Crippen molar-refractivity contribution in [2.75, 3.05) is 37.6 Å². The van der Waals surface area contributed by atoms with E-state index in [1.54, 1.807) is 12.1 Å². The Labute approximate surface area is 170 Å². The number of hydrogen-bond acceptors (Lipinski definition) is 5. The first-order chi connectivity index (χ1) is 14.2. The number of carbonyl (C=O) groups excluding carboxylic acids is 1. The molecule has 1 aliphatic rings. The predicted octanol–water partition coefficient (Wildman–Crippen LogP) is 3.04. The fourth-order valence-electron chi connectivity index (χ4n) is 3.89. The highest BCUT2D eigenvalue weighted by Gasteiger charge is 2.16. The molecule has 0 saturated carbocycles. The molecule has 1 amide bonds. The molecule has 29 heavy (non-hydrogen) atoms. The van der Waals surface area contributed by atoms with Crippen LogP contribution in [-0.2, 0) is 0 Å². The lowest BCUT2D eigenvalue weighted by atomic mass is 10.2. The molecule has 2 aromatic heterocycles. The molecule has 4 rings (SSSR count). The maximum atomic E-state index is 11.6. The van der Waals surface area contributed by atoms with E-state index >= 15 is 0 Å². The van der Waals surface area contributed by atoms with Gasteiger partial charge >= 0.3 is 0 Å². The SMILES string of the molecule is CCCCN1CCCN(c2ccc(-c3nc4c(C(N)=O)cccc4[nH]3)cn2)CC1. The van der Waals surface area contributed by atoms with Crippen LogP contribution >= 0.6 is 0 Å². The van der Waals surface area contributed by atoms with Gasteiger partial charge in [-0.2, -0.15) is 0 Å². The summed E-state index contributed by atoms with van der Waals surface area (Å²) in [4.78, 5) is 29.1. The second kappa shape index (κ2) is 8.61. The highest BCUT2D eigenvalue weighted by atomic mass is 16.1. The number of nitrogens with two attached hydrogens (primary N) is 1. The van der Waals surface area contributed by atoms with Crippen LogP contribution in [-0.4, -0.2) is 58.5 Å². The summed E-state index contributed by atoms with van der Waals surface area (Å²) in [6.07, 6.45) is 5.51. The van der Waals surface area contributed by atoms with Crippen molar-refractivity contribution in [1.82, 2.24) is 19.9 Å². The Balaban J connectivity index is 1.50. The summed E-state index contributed by atoms with van der Waals surface area (Å²) in [7, 11) is 0. The summed E-state index contributed by atoms with van der Waals surface area (Å²) in [5, 5.41) is 0. The number of fused-ring (bicyclic) bond motifs is 1. The minimum Gasteiger partial charge on any atom is -0.366 e. The van der Waals surface area contributed by atoms with E-state index in [2.05, 4.69) is 32.8 Å². The molecule has 1 saturated heterocycles. The van der Waals surface area contributed by atoms with Crippen molar-refractivity contribution in [2.24, 2.45) is 5.73 Å². The number of anilines is 1. The number of hydrogen-bond donors (Lipinski definition) is 2. The Bertz CT molecular complexity index is 981. The van der Waals surface area contributed by atoms with Crippen molar-refractivity contribution < 1.29 is 4.79 Å². The topological polar surface area (TPSA) is 91.1 Å². The molecule has 7 nitrogen and oxygen atoms in total. The van der Waals surface area contributed by atoms with E-state index in [-0.39, 0.29) is 0 Å². The third-order valence-corrected chi connectivity index (χ3v) is 5.54. The number of para-hydroxylation sites is 1. The monoisotopic (exact) mass is 392 g/mol. The zero-order valence-electron chi connectivity index (χ0n) is 16.9. The average molecular weight is 393 g/mol. The highest BCUT2D eigenvalue weighted by Crippen LogP contribution is 2.24. The van der Waals surface area contributed by atoms with Crippen molar-refractivity contribution >= 4 is 22.8 Å². The normalized spacial score (nSPS) is 15.6. The van der Waals surface area contributed by atoms with Gasteiger partial charge in [0.2, 0.25) is 0 Å². The van der Waals surface area contributed by atoms with Crippen molar-refractivity contribution in [3.63, 3.8) is 0 Å². The molecule has 3 aromatic rings. The number of primary amides is 1. The number of pyridine rings is 1. The molecule has 0 bridgehead atoms. The lowest BCUT2D eigenvalue weighted by Gasteiger charge is -2.22. The molecule has 152 valence electrons. The van der Waals surface area contributed by atoms with Crippen LogP contribution in [0.2, 0.25) is 0 Å². The Hall–Kier alpha value is -2.93. The van der Waals surface area contributed by atoms with Gasteiger partial charge in [-0.3, -0.25) is 4.79 Å². The molecule has 7 heteroatoms. The molecule has 1 fully saturated rings. The smallest absolute Gasteiger partial charge is 0.250 e. The fourth-order valence-corrected chi connectivity index (χ4v) is 3.89. The zero-order valence-corrected chi connectivity index (χ0v) is 16.9. The standard InChI is InChI=1S/C22H28N6O/c1-2-3-10-27-11-5-12-28(14-13-27)19-9-8-16(15-24-19)22-25-18-7-4-6-17(21(23)29)20(18)26-22/h4,6-9,15H,2-3,5,10-14H2,1H3,(H2,23,29)(H,25,26). The first-order valence-corrected chi connectivity index (χ1v) is 10.4. The first-order valence-electron chi connectivity index (χ1n) is 10.4. The number of carbonyl (C=O) groups is 1. The van der Waals surface area contributed by atoms with Crippen LogP contribution in [0.4, 0.5) is 5.82 Å². The fraction of sp³-hybridized carbons (Fsp3) is 0.409. The van der Waals surface area contributed by atoms with Gasteiger partial charge in [-0.05, 0) is 50.2 Å². The van der Waals surface area contributed by atoms with E-state index in [0.29, 0.717) is 16.9 Å². The molecule has 0 unspecified atom stereocenters. The van der Waals surface area contributed by atoms with Crippen LogP contribution in [0.5, 0.6) is 0 Å². The summed E-state index contributed by atoms with van der Waals surface area (Å²) >= 11 is 0. The van der Waals surface area contributed by atoms with Gasteiger partial charge in [0.05, 0.1) is 11.1 Å². The summed E-state index contributed by atoms with van der Waals surface area (Å²) in [5.74, 6) is 1.21. The van der Waals surface area contributed by atoms with E-state index in [0.717, 1.165) is 49.5 Å². The summed E-state index contributed by atoms with van der Waals surface area (Å²) in [6.45, 7) is 7.71. The second-order valence-corrected chi connectivity index (χ2v) is 7.59. The number of nitrogens with zero attached hydrogens (tertiary/aromatic N) is 4. The Kier molecular flexibility index (Phi) is 5.76. The van der Waals surface area contributed by atoms with Gasteiger partial charge in [0, 0.05) is 31.4 Å². The lowest BCUT2D eigenvalue weighted by molar-refractivity contribution is 0.100. The Morgan fingerprint density at radius 3 is 2.83 bits per heavy atom. The number of unbranched alkanes of at least 4 members (excludes halogenated alkanes) is 1. The van der Waals surface area contributed by atoms with E-state index in [4.69, 9.17) is 10.7 Å². The van der Waals surface area contributed by atoms with Crippen molar-refractivity contribution in [3.05, 3.63) is 42.1 Å². The van der Waals surface area contributed by atoms with Crippen LogP contribution in [0.3, 0.4) is 0 Å². The van der Waals surface area contributed by atoms with Crippen molar-refractivity contribution in [2.45, 2.75) is 26.2 Å². The number of aromatic nitrogens is 3. The first kappa shape index (κ1) is 19.4. The van der Waals surface area contributed by atoms with Gasteiger partial charge in [0.25, 0.3) is 5.91 Å². The minimum absolute atomic E-state index is 0.423. The molecule has 3 N–H and O–H groups in total. The van der Waals surface area contributed by atoms with E-state index in [1.165, 1.54) is 19.4 Å². The van der Waals surface area contributed by atoms with Gasteiger partial charge in [0.15, 0.2) is 0 Å². The quantitative estimate of drug-likeness (QED) is 0.673. The Morgan fingerprint density at radius 2 is 2.07 bits per heavy atom. The predicted molar refractivity (Wildman–Crippen MR) is 116 cm³/mol. The molecular formula is C22H28N6O. The van der Waals surface area contributed by atoms with Crippen LogP contribution in [0.25, 0.3) is 22.4 Å². The zero-order chi connectivity index (χ0) is 20.2. The molecule has 0 radical (unpaired) electrons. The number of nitrogens with one attached hydrogen (secondary N) is 1. The van der Waals surface area contributed by atoms with E-state index in [9.17, 15) is 4.79 Å². The second-order valence-electron chi connectivity index (χ2n) is 7.59. The number of imidazole rings is 1. The number of rotatable bonds is 6. The number of aromatic amines is 1. The van der Waals surface area contributed by atoms with Gasteiger partial charge in [-0.25, -0.2) is 9.97 Å². The maximum absolute atomic E-state index is 11.6. The molecular weight excluding hydrogens is 364 g/mol. The van der Waals surface area contributed by atoms with Crippen LogP contribution < -0.4 is 10.6 Å². The third kappa shape index (κ3) is 4.24. The van der Waals surface area contributed by atoms with E-state index < -0.39 is 5.91 Å². The van der Waals surface area contributed by atoms with Gasteiger partial charge in [0.1, 0.15) is 17.2 Å². The molecule has 1 aromatic carbocycles. The average Bonchev–Trinajstić information content (AvgIpc) is 3.04. The lowest BCUT2D eigenvalue weighted by Crippen LogP contribution is -2.31. The molecule has 0 atom stereocenters. The molecule has 3 heterocycles. The molecule has 0 aliphatic carbocycles. The molecule has 0 spiro atoms. The van der Waals surface area contributed by atoms with Gasteiger partial charge in [-0.15, -0.1) is 0 Å². The maximum Gasteiger partial charge on any atom is 0.250 e. The van der Waals surface area contributed by atoms with Crippen LogP contribution in [0.15, 0.2) is 36.5 Å². The number of amides is 1. The van der Waals surface area contributed by atoms with Gasteiger partial charge < -0.3 is 20.5 Å². The van der Waals surface area contributed by atoms with E-state index in [1.807, 2.05) is 18.3 Å². The number of H-pyrrole nitrogens is 1. The minimum atomic E-state index is -0.476. The van der Waals surface area contributed by atoms with Crippen LogP contribution in [0.1, 0.15) is 36.5 Å². The third-order valence-electron chi connectivity index (χ3n) is 5.54. The van der Waals surface area contributed by atoms with Gasteiger partial charge in [-0.1, -0.05) is 19.4 Å².